The highest BCUT2D eigenvalue weighted by Gasteiger charge is 2.30. The van der Waals surface area contributed by atoms with Crippen molar-refractivity contribution in [2.45, 2.75) is 63.6 Å². The zero-order chi connectivity index (χ0) is 25.9. The zero-order valence-corrected chi connectivity index (χ0v) is 22.8. The van der Waals surface area contributed by atoms with Crippen molar-refractivity contribution < 1.29 is 9.59 Å². The van der Waals surface area contributed by atoms with Crippen molar-refractivity contribution in [3.05, 3.63) is 101 Å². The molecule has 1 N–H and O–H groups in total. The van der Waals surface area contributed by atoms with Crippen LogP contribution in [0.4, 0.5) is 0 Å². The summed E-state index contributed by atoms with van der Waals surface area (Å²) in [4.78, 5) is 30.0. The maximum Gasteiger partial charge on any atom is 0.243 e. The lowest BCUT2D eigenvalue weighted by Gasteiger charge is -2.32. The minimum Gasteiger partial charge on any atom is -0.352 e. The van der Waals surface area contributed by atoms with Crippen LogP contribution in [0.1, 0.15) is 43.4 Å². The molecule has 0 fully saturated rings. The first-order valence-electron chi connectivity index (χ1n) is 12.4. The predicted octanol–water partition coefficient (Wildman–Crippen LogP) is 6.69. The molecule has 190 valence electrons. The molecule has 0 aliphatic carbocycles. The average Bonchev–Trinajstić information content (AvgIpc) is 2.88. The van der Waals surface area contributed by atoms with Gasteiger partial charge in [0.25, 0.3) is 0 Å². The highest BCUT2D eigenvalue weighted by Crippen LogP contribution is 2.23. The molecule has 0 saturated carbocycles. The van der Waals surface area contributed by atoms with Crippen LogP contribution >= 0.6 is 23.4 Å². The topological polar surface area (TPSA) is 49.4 Å². The van der Waals surface area contributed by atoms with Crippen LogP contribution < -0.4 is 5.32 Å². The van der Waals surface area contributed by atoms with Crippen LogP contribution in [0.15, 0.2) is 83.8 Å². The van der Waals surface area contributed by atoms with Gasteiger partial charge in [-0.25, -0.2) is 0 Å². The first kappa shape index (κ1) is 27.8. The summed E-state index contributed by atoms with van der Waals surface area (Å²) >= 11 is 7.61. The van der Waals surface area contributed by atoms with Crippen molar-refractivity contribution in [1.29, 1.82) is 0 Å². The lowest BCUT2D eigenvalue weighted by Crippen LogP contribution is -2.52. The Morgan fingerprint density at radius 1 is 0.944 bits per heavy atom. The molecule has 0 bridgehead atoms. The van der Waals surface area contributed by atoms with E-state index >= 15 is 0 Å². The van der Waals surface area contributed by atoms with E-state index in [4.69, 9.17) is 11.6 Å². The van der Waals surface area contributed by atoms with Crippen LogP contribution in [0.5, 0.6) is 0 Å². The molecule has 0 unspecified atom stereocenters. The molecule has 0 aliphatic heterocycles. The summed E-state index contributed by atoms with van der Waals surface area (Å²) in [6, 6.07) is 25.1. The molecule has 0 heterocycles. The van der Waals surface area contributed by atoms with Gasteiger partial charge in [0.1, 0.15) is 6.04 Å². The molecule has 0 saturated heterocycles. The van der Waals surface area contributed by atoms with Crippen LogP contribution in [-0.2, 0) is 22.6 Å². The number of hydrogen-bond acceptors (Lipinski definition) is 3. The average molecular weight is 523 g/mol. The normalized spacial score (nSPS) is 12.6. The summed E-state index contributed by atoms with van der Waals surface area (Å²) in [5.41, 5.74) is 3.19. The van der Waals surface area contributed by atoms with Gasteiger partial charge in [-0.1, -0.05) is 78.7 Å². The quantitative estimate of drug-likeness (QED) is 0.270. The summed E-state index contributed by atoms with van der Waals surface area (Å²) in [6.45, 7) is 6.46. The number of aryl methyl sites for hydroxylation is 1. The van der Waals surface area contributed by atoms with Crippen molar-refractivity contribution in [2.24, 2.45) is 0 Å². The van der Waals surface area contributed by atoms with Gasteiger partial charge in [0, 0.05) is 41.1 Å². The number of carbonyl (C=O) groups excluding carboxylic acids is 2. The Morgan fingerprint density at radius 2 is 1.61 bits per heavy atom. The number of benzene rings is 3. The van der Waals surface area contributed by atoms with E-state index in [0.29, 0.717) is 30.2 Å². The predicted molar refractivity (Wildman–Crippen MR) is 150 cm³/mol. The summed E-state index contributed by atoms with van der Waals surface area (Å²) in [7, 11) is 0. The molecule has 0 radical (unpaired) electrons. The molecular weight excluding hydrogens is 488 g/mol. The largest absolute Gasteiger partial charge is 0.352 e. The second kappa shape index (κ2) is 14.1. The maximum atomic E-state index is 13.7. The molecule has 0 aromatic heterocycles. The summed E-state index contributed by atoms with van der Waals surface area (Å²) in [5, 5.41) is 3.81. The fraction of sp³-hybridized carbons (Fsp3) is 0.333. The minimum atomic E-state index is -0.601. The first-order chi connectivity index (χ1) is 17.4. The van der Waals surface area contributed by atoms with E-state index in [1.807, 2.05) is 99.6 Å². The van der Waals surface area contributed by atoms with Crippen LogP contribution in [0, 0.1) is 6.92 Å². The third-order valence-corrected chi connectivity index (χ3v) is 7.41. The lowest BCUT2D eigenvalue weighted by molar-refractivity contribution is -0.141. The molecule has 0 aliphatic rings. The number of thioether (sulfide) groups is 1. The number of nitrogens with zero attached hydrogens (tertiary/aromatic N) is 1. The fourth-order valence-electron chi connectivity index (χ4n) is 3.82. The number of nitrogens with one attached hydrogen (secondary N) is 1. The molecule has 3 aromatic rings. The number of halogens is 1. The van der Waals surface area contributed by atoms with Gasteiger partial charge >= 0.3 is 0 Å². The number of hydrogen-bond donors (Lipinski definition) is 1. The van der Waals surface area contributed by atoms with Crippen LogP contribution in [-0.4, -0.2) is 34.6 Å². The van der Waals surface area contributed by atoms with Crippen LogP contribution in [0.3, 0.4) is 0 Å². The minimum absolute atomic E-state index is 0.0303. The highest BCUT2D eigenvalue weighted by atomic mass is 35.5. The fourth-order valence-corrected chi connectivity index (χ4v) is 4.78. The Bertz CT molecular complexity index is 1100. The van der Waals surface area contributed by atoms with Gasteiger partial charge in [-0.05, 0) is 55.7 Å². The molecular formula is C30H35ClN2O2S. The van der Waals surface area contributed by atoms with Gasteiger partial charge < -0.3 is 10.2 Å². The molecule has 2 atom stereocenters. The van der Waals surface area contributed by atoms with E-state index < -0.39 is 6.04 Å². The number of rotatable bonds is 12. The van der Waals surface area contributed by atoms with Gasteiger partial charge in [0.2, 0.25) is 11.8 Å². The first-order valence-corrected chi connectivity index (χ1v) is 13.8. The molecule has 4 nitrogen and oxygen atoms in total. The van der Waals surface area contributed by atoms with Gasteiger partial charge in [0.05, 0.1) is 0 Å². The van der Waals surface area contributed by atoms with Crippen LogP contribution in [0.2, 0.25) is 5.02 Å². The molecule has 6 heteroatoms. The Kier molecular flexibility index (Phi) is 10.9. The third-order valence-electron chi connectivity index (χ3n) is 6.14. The van der Waals surface area contributed by atoms with Crippen molar-refractivity contribution in [3.63, 3.8) is 0 Å². The summed E-state index contributed by atoms with van der Waals surface area (Å²) in [6.07, 6.45) is 1.62. The third kappa shape index (κ3) is 8.72. The second-order valence-electron chi connectivity index (χ2n) is 9.08. The summed E-state index contributed by atoms with van der Waals surface area (Å²) < 4.78 is 0. The molecule has 3 aromatic carbocycles. The molecule has 2 amide bonds. The summed E-state index contributed by atoms with van der Waals surface area (Å²) in [5.74, 6) is 0.479. The van der Waals surface area contributed by atoms with E-state index in [2.05, 4.69) is 5.32 Å². The second-order valence-corrected chi connectivity index (χ2v) is 10.7. The van der Waals surface area contributed by atoms with Gasteiger partial charge in [-0.15, -0.1) is 11.8 Å². The number of carbonyl (C=O) groups is 2. The van der Waals surface area contributed by atoms with Crippen molar-refractivity contribution >= 4 is 35.2 Å². The van der Waals surface area contributed by atoms with Crippen molar-refractivity contribution in [3.8, 4) is 0 Å². The van der Waals surface area contributed by atoms with E-state index in [1.54, 1.807) is 16.7 Å². The van der Waals surface area contributed by atoms with Crippen molar-refractivity contribution in [2.75, 3.05) is 5.75 Å². The smallest absolute Gasteiger partial charge is 0.243 e. The Morgan fingerprint density at radius 3 is 2.25 bits per heavy atom. The highest BCUT2D eigenvalue weighted by molar-refractivity contribution is 7.99. The Balaban J connectivity index is 1.84. The zero-order valence-electron chi connectivity index (χ0n) is 21.2. The van der Waals surface area contributed by atoms with E-state index in [0.717, 1.165) is 28.0 Å². The standard InChI is InChI=1S/C30H35ClN2O2S/c1-4-23(3)32-30(35)28(20-24-8-6-5-7-9-24)33(21-25-12-10-22(2)11-13-25)29(34)18-19-36-27-16-14-26(31)15-17-27/h5-17,23,28H,4,18-21H2,1-3H3,(H,32,35)/t23-,28+/m0/s1. The molecule has 36 heavy (non-hydrogen) atoms. The van der Waals surface area contributed by atoms with E-state index in [9.17, 15) is 9.59 Å². The maximum absolute atomic E-state index is 13.7. The number of amides is 2. The van der Waals surface area contributed by atoms with Gasteiger partial charge in [-0.3, -0.25) is 9.59 Å². The van der Waals surface area contributed by atoms with Gasteiger partial charge in [-0.2, -0.15) is 0 Å². The van der Waals surface area contributed by atoms with E-state index in [1.165, 1.54) is 0 Å². The molecule has 0 spiro atoms. The monoisotopic (exact) mass is 522 g/mol. The van der Waals surface area contributed by atoms with E-state index in [-0.39, 0.29) is 17.9 Å². The van der Waals surface area contributed by atoms with Crippen LogP contribution in [0.25, 0.3) is 0 Å². The van der Waals surface area contributed by atoms with Gasteiger partial charge in [0.15, 0.2) is 0 Å². The van der Waals surface area contributed by atoms with Crippen molar-refractivity contribution in [1.82, 2.24) is 10.2 Å². The lowest BCUT2D eigenvalue weighted by atomic mass is 10.0. The molecule has 3 rings (SSSR count). The Labute approximate surface area is 224 Å². The SMILES string of the molecule is CC[C@H](C)NC(=O)[C@@H](Cc1ccccc1)N(Cc1ccc(C)cc1)C(=O)CCSc1ccc(Cl)cc1. The Hall–Kier alpha value is -2.76.